The number of hydrogen-bond acceptors (Lipinski definition) is 2. The van der Waals surface area contributed by atoms with E-state index < -0.39 is 0 Å². The number of carbonyl (C=O) groups is 1. The summed E-state index contributed by atoms with van der Waals surface area (Å²) in [6, 6.07) is 5.74. The van der Waals surface area contributed by atoms with E-state index in [-0.39, 0.29) is 5.92 Å². The zero-order valence-electron chi connectivity index (χ0n) is 13.1. The molecule has 2 heteroatoms. The summed E-state index contributed by atoms with van der Waals surface area (Å²) in [4.78, 5) is 12.4. The van der Waals surface area contributed by atoms with Crippen LogP contribution in [0.3, 0.4) is 0 Å². The second-order valence-corrected chi connectivity index (χ2v) is 6.96. The lowest BCUT2D eigenvalue weighted by molar-refractivity contribution is -0.129. The quantitative estimate of drug-likeness (QED) is 0.891. The Morgan fingerprint density at radius 2 is 2.14 bits per heavy atom. The van der Waals surface area contributed by atoms with Crippen molar-refractivity contribution in [3.8, 4) is 5.75 Å². The minimum absolute atomic E-state index is 0.233. The Bertz CT molecular complexity index is 534. The van der Waals surface area contributed by atoms with Gasteiger partial charge in [0.05, 0.1) is 0 Å². The first kappa shape index (κ1) is 14.6. The number of rotatable bonds is 3. The number of carbonyl (C=O) groups excluding carboxylic acids is 1. The Morgan fingerprint density at radius 1 is 1.33 bits per heavy atom. The van der Waals surface area contributed by atoms with Crippen molar-refractivity contribution in [3.63, 3.8) is 0 Å². The molecule has 0 saturated heterocycles. The number of hydrogen-bond donors (Lipinski definition) is 1. The Kier molecular flexibility index (Phi) is 4.05. The Morgan fingerprint density at radius 3 is 2.90 bits per heavy atom. The van der Waals surface area contributed by atoms with Crippen LogP contribution in [0.2, 0.25) is 0 Å². The fourth-order valence-corrected chi connectivity index (χ4v) is 4.61. The number of fused-ring (bicyclic) bond motifs is 3. The molecule has 0 unspecified atom stereocenters. The van der Waals surface area contributed by atoms with Crippen molar-refractivity contribution >= 4 is 5.78 Å². The zero-order valence-corrected chi connectivity index (χ0v) is 13.1. The van der Waals surface area contributed by atoms with Crippen molar-refractivity contribution in [2.24, 2.45) is 17.8 Å². The van der Waals surface area contributed by atoms with Gasteiger partial charge in [0.15, 0.2) is 0 Å². The van der Waals surface area contributed by atoms with Gasteiger partial charge in [0.2, 0.25) is 0 Å². The number of benzene rings is 1. The molecule has 0 heterocycles. The predicted octanol–water partition coefficient (Wildman–Crippen LogP) is 4.45. The minimum Gasteiger partial charge on any atom is -0.508 e. The SMILES string of the molecule is CCCC[C@@H]1[C@@H]2CCc3cc(O)ccc3[C@H]2CC(=O)[C@@H]1C. The van der Waals surface area contributed by atoms with E-state index in [4.69, 9.17) is 0 Å². The average Bonchev–Trinajstić information content (AvgIpc) is 2.47. The van der Waals surface area contributed by atoms with Gasteiger partial charge in [0.25, 0.3) is 0 Å². The highest BCUT2D eigenvalue weighted by molar-refractivity contribution is 5.83. The average molecular weight is 286 g/mol. The number of aryl methyl sites for hydroxylation is 1. The van der Waals surface area contributed by atoms with Gasteiger partial charge in [-0.2, -0.15) is 0 Å². The molecule has 0 bridgehead atoms. The van der Waals surface area contributed by atoms with Gasteiger partial charge < -0.3 is 5.11 Å². The minimum atomic E-state index is 0.233. The lowest BCUT2D eigenvalue weighted by Crippen LogP contribution is -2.40. The highest BCUT2D eigenvalue weighted by Crippen LogP contribution is 2.50. The van der Waals surface area contributed by atoms with Crippen molar-refractivity contribution in [2.45, 2.75) is 58.3 Å². The molecule has 21 heavy (non-hydrogen) atoms. The van der Waals surface area contributed by atoms with E-state index in [0.29, 0.717) is 35.7 Å². The van der Waals surface area contributed by atoms with E-state index in [2.05, 4.69) is 19.9 Å². The van der Waals surface area contributed by atoms with E-state index in [1.165, 1.54) is 36.8 Å². The summed E-state index contributed by atoms with van der Waals surface area (Å²) in [5, 5.41) is 9.68. The first-order valence-electron chi connectivity index (χ1n) is 8.46. The van der Waals surface area contributed by atoms with Gasteiger partial charge in [-0.1, -0.05) is 32.8 Å². The molecule has 2 nitrogen and oxygen atoms in total. The molecule has 4 atom stereocenters. The van der Waals surface area contributed by atoms with Gasteiger partial charge in [-0.05, 0) is 60.3 Å². The number of phenolic OH excluding ortho intramolecular Hbond substituents is 1. The fourth-order valence-electron chi connectivity index (χ4n) is 4.61. The number of aromatic hydroxyl groups is 1. The Hall–Kier alpha value is -1.31. The molecule has 3 rings (SSSR count). The van der Waals surface area contributed by atoms with Crippen molar-refractivity contribution < 1.29 is 9.90 Å². The molecule has 1 fully saturated rings. The topological polar surface area (TPSA) is 37.3 Å². The molecule has 0 amide bonds. The van der Waals surface area contributed by atoms with Crippen LogP contribution in [0.4, 0.5) is 0 Å². The van der Waals surface area contributed by atoms with Gasteiger partial charge in [0.1, 0.15) is 11.5 Å². The summed E-state index contributed by atoms with van der Waals surface area (Å²) in [6.07, 6.45) is 6.55. The van der Waals surface area contributed by atoms with Crippen LogP contribution < -0.4 is 0 Å². The van der Waals surface area contributed by atoms with Gasteiger partial charge in [-0.25, -0.2) is 0 Å². The molecule has 2 aliphatic rings. The molecule has 114 valence electrons. The summed E-state index contributed by atoms with van der Waals surface area (Å²) < 4.78 is 0. The maximum absolute atomic E-state index is 12.4. The third kappa shape index (κ3) is 2.61. The normalized spacial score (nSPS) is 31.6. The Labute approximate surface area is 127 Å². The van der Waals surface area contributed by atoms with E-state index in [9.17, 15) is 9.90 Å². The van der Waals surface area contributed by atoms with Gasteiger partial charge in [-0.15, -0.1) is 0 Å². The van der Waals surface area contributed by atoms with E-state index in [1.807, 2.05) is 6.07 Å². The summed E-state index contributed by atoms with van der Waals surface area (Å²) >= 11 is 0. The van der Waals surface area contributed by atoms with Gasteiger partial charge in [0, 0.05) is 12.3 Å². The molecule has 1 N–H and O–H groups in total. The van der Waals surface area contributed by atoms with Crippen LogP contribution in [-0.4, -0.2) is 10.9 Å². The van der Waals surface area contributed by atoms with Crippen LogP contribution in [0, 0.1) is 17.8 Å². The summed E-state index contributed by atoms with van der Waals surface area (Å²) in [5.74, 6) is 2.62. The monoisotopic (exact) mass is 286 g/mol. The van der Waals surface area contributed by atoms with Crippen molar-refractivity contribution in [1.29, 1.82) is 0 Å². The number of unbranched alkanes of at least 4 members (excludes halogenated alkanes) is 1. The molecule has 0 radical (unpaired) electrons. The molecular formula is C19H26O2. The smallest absolute Gasteiger partial charge is 0.136 e. The molecule has 1 saturated carbocycles. The van der Waals surface area contributed by atoms with Crippen LogP contribution in [0.1, 0.15) is 63.0 Å². The first-order valence-corrected chi connectivity index (χ1v) is 8.46. The summed E-state index contributed by atoms with van der Waals surface area (Å²) in [5.41, 5.74) is 2.58. The predicted molar refractivity (Wildman–Crippen MR) is 84.5 cm³/mol. The van der Waals surface area contributed by atoms with Crippen molar-refractivity contribution in [3.05, 3.63) is 29.3 Å². The van der Waals surface area contributed by atoms with Crippen LogP contribution >= 0.6 is 0 Å². The molecular weight excluding hydrogens is 260 g/mol. The van der Waals surface area contributed by atoms with Crippen LogP contribution in [0.25, 0.3) is 0 Å². The number of Topliss-reactive ketones (excluding diaryl/α,β-unsaturated/α-hetero) is 1. The third-order valence-electron chi connectivity index (χ3n) is 5.80. The Balaban J connectivity index is 1.92. The molecule has 0 aliphatic heterocycles. The fraction of sp³-hybridized carbons (Fsp3) is 0.632. The second-order valence-electron chi connectivity index (χ2n) is 6.96. The maximum Gasteiger partial charge on any atom is 0.136 e. The zero-order chi connectivity index (χ0) is 15.0. The highest BCUT2D eigenvalue weighted by Gasteiger charge is 2.44. The standard InChI is InChI=1S/C19H26O2/c1-3-4-5-15-12(2)19(21)11-18-16-9-7-14(20)10-13(16)6-8-17(15)18/h7,9-10,12,15,17-18,20H,3-6,8,11H2,1-2H3/t12-,15+,17+,18-/m1/s1. The largest absolute Gasteiger partial charge is 0.508 e. The number of ketones is 1. The third-order valence-corrected chi connectivity index (χ3v) is 5.80. The molecule has 2 aliphatic carbocycles. The highest BCUT2D eigenvalue weighted by atomic mass is 16.3. The molecule has 0 aromatic heterocycles. The van der Waals surface area contributed by atoms with E-state index in [1.54, 1.807) is 6.07 Å². The molecule has 0 spiro atoms. The van der Waals surface area contributed by atoms with Crippen molar-refractivity contribution in [2.75, 3.05) is 0 Å². The van der Waals surface area contributed by atoms with E-state index in [0.717, 1.165) is 6.42 Å². The van der Waals surface area contributed by atoms with Gasteiger partial charge in [-0.3, -0.25) is 4.79 Å². The second kappa shape index (κ2) is 5.82. The van der Waals surface area contributed by atoms with E-state index >= 15 is 0 Å². The van der Waals surface area contributed by atoms with Crippen LogP contribution in [-0.2, 0) is 11.2 Å². The van der Waals surface area contributed by atoms with Crippen molar-refractivity contribution in [1.82, 2.24) is 0 Å². The van der Waals surface area contributed by atoms with Crippen LogP contribution in [0.15, 0.2) is 18.2 Å². The van der Waals surface area contributed by atoms with Crippen LogP contribution in [0.5, 0.6) is 5.75 Å². The molecule has 1 aromatic carbocycles. The number of phenols is 1. The lowest BCUT2D eigenvalue weighted by Gasteiger charge is -2.45. The van der Waals surface area contributed by atoms with Gasteiger partial charge >= 0.3 is 0 Å². The molecule has 1 aromatic rings. The maximum atomic E-state index is 12.4. The summed E-state index contributed by atoms with van der Waals surface area (Å²) in [6.45, 7) is 4.37. The lowest BCUT2D eigenvalue weighted by atomic mass is 9.59. The first-order chi connectivity index (χ1) is 10.1. The summed E-state index contributed by atoms with van der Waals surface area (Å²) in [7, 11) is 0.